The van der Waals surface area contributed by atoms with Gasteiger partial charge in [0.25, 0.3) is 0 Å². The second-order valence-electron chi connectivity index (χ2n) is 7.79. The number of hydrogen-bond acceptors (Lipinski definition) is 3. The molecule has 1 saturated carbocycles. The van der Waals surface area contributed by atoms with Crippen molar-refractivity contribution >= 4 is 17.5 Å². The predicted octanol–water partition coefficient (Wildman–Crippen LogP) is 5.03. The van der Waals surface area contributed by atoms with Crippen LogP contribution in [-0.2, 0) is 11.2 Å². The lowest BCUT2D eigenvalue weighted by Gasteiger charge is -2.28. The summed E-state index contributed by atoms with van der Waals surface area (Å²) in [7, 11) is 0. The Morgan fingerprint density at radius 3 is 2.41 bits per heavy atom. The second kappa shape index (κ2) is 8.78. The van der Waals surface area contributed by atoms with E-state index in [2.05, 4.69) is 20.5 Å². The third-order valence-corrected chi connectivity index (χ3v) is 5.93. The number of aromatic amines is 1. The number of benzene rings is 1. The van der Waals surface area contributed by atoms with Gasteiger partial charge in [-0.1, -0.05) is 23.7 Å². The molecule has 2 N–H and O–H groups in total. The van der Waals surface area contributed by atoms with Gasteiger partial charge in [-0.15, -0.1) is 0 Å². The van der Waals surface area contributed by atoms with Gasteiger partial charge in [0.2, 0.25) is 5.91 Å². The normalized spacial score (nSPS) is 19.1. The van der Waals surface area contributed by atoms with E-state index >= 15 is 0 Å². The third kappa shape index (κ3) is 4.67. The first-order valence-electron chi connectivity index (χ1n) is 10.1. The molecule has 5 nitrogen and oxygen atoms in total. The van der Waals surface area contributed by atoms with E-state index in [1.807, 2.05) is 48.8 Å². The molecule has 150 valence electrons. The van der Waals surface area contributed by atoms with Crippen LogP contribution in [0.25, 0.3) is 22.4 Å². The van der Waals surface area contributed by atoms with Crippen LogP contribution in [0.3, 0.4) is 0 Å². The van der Waals surface area contributed by atoms with Crippen molar-refractivity contribution in [1.29, 1.82) is 0 Å². The predicted molar refractivity (Wildman–Crippen MR) is 116 cm³/mol. The molecule has 1 aliphatic rings. The van der Waals surface area contributed by atoms with E-state index in [4.69, 9.17) is 11.6 Å². The van der Waals surface area contributed by atoms with E-state index in [0.717, 1.165) is 60.2 Å². The minimum absolute atomic E-state index is 0.0644. The Kier molecular flexibility index (Phi) is 5.95. The number of rotatable bonds is 5. The van der Waals surface area contributed by atoms with Crippen LogP contribution in [0.15, 0.2) is 48.8 Å². The highest BCUT2D eigenvalue weighted by molar-refractivity contribution is 6.30. The Bertz CT molecular complexity index is 960. The van der Waals surface area contributed by atoms with Crippen molar-refractivity contribution in [2.24, 2.45) is 5.92 Å². The maximum Gasteiger partial charge on any atom is 0.217 e. The molecule has 0 atom stereocenters. The summed E-state index contributed by atoms with van der Waals surface area (Å²) in [5.41, 5.74) is 5.39. The molecule has 2 heterocycles. The number of pyridine rings is 1. The molecular formula is C23H25ClN4O. The number of H-pyrrole nitrogens is 1. The Morgan fingerprint density at radius 1 is 1.07 bits per heavy atom. The van der Waals surface area contributed by atoms with Gasteiger partial charge in [-0.2, -0.15) is 5.10 Å². The number of nitrogens with zero attached hydrogens (tertiary/aromatic N) is 2. The lowest BCUT2D eigenvalue weighted by atomic mass is 9.82. The summed E-state index contributed by atoms with van der Waals surface area (Å²) in [6, 6.07) is 12.2. The van der Waals surface area contributed by atoms with Gasteiger partial charge >= 0.3 is 0 Å². The number of hydrogen-bond donors (Lipinski definition) is 2. The smallest absolute Gasteiger partial charge is 0.217 e. The minimum atomic E-state index is 0.0644. The first-order valence-corrected chi connectivity index (χ1v) is 10.5. The van der Waals surface area contributed by atoms with Gasteiger partial charge in [0.05, 0.1) is 0 Å². The summed E-state index contributed by atoms with van der Waals surface area (Å²) in [6.07, 6.45) is 8.86. The second-order valence-corrected chi connectivity index (χ2v) is 8.23. The van der Waals surface area contributed by atoms with Crippen molar-refractivity contribution in [2.45, 2.75) is 45.1 Å². The average molecular weight is 409 g/mol. The zero-order valence-electron chi connectivity index (χ0n) is 16.5. The highest BCUT2D eigenvalue weighted by Gasteiger charge is 2.25. The Morgan fingerprint density at radius 2 is 1.76 bits per heavy atom. The zero-order valence-corrected chi connectivity index (χ0v) is 17.2. The van der Waals surface area contributed by atoms with Crippen molar-refractivity contribution in [3.05, 3.63) is 59.5 Å². The van der Waals surface area contributed by atoms with Crippen LogP contribution in [0, 0.1) is 5.92 Å². The summed E-state index contributed by atoms with van der Waals surface area (Å²) in [5, 5.41) is 11.7. The van der Waals surface area contributed by atoms with E-state index in [1.165, 1.54) is 0 Å². The fraction of sp³-hybridized carbons (Fsp3) is 0.348. The summed E-state index contributed by atoms with van der Waals surface area (Å²) < 4.78 is 0. The summed E-state index contributed by atoms with van der Waals surface area (Å²) in [6.45, 7) is 1.59. The number of carbonyl (C=O) groups is 1. The van der Waals surface area contributed by atoms with Crippen LogP contribution in [0.5, 0.6) is 0 Å². The van der Waals surface area contributed by atoms with Crippen molar-refractivity contribution in [3.8, 4) is 22.4 Å². The molecule has 0 unspecified atom stereocenters. The molecule has 4 rings (SSSR count). The van der Waals surface area contributed by atoms with Crippen molar-refractivity contribution in [1.82, 2.24) is 20.5 Å². The zero-order chi connectivity index (χ0) is 20.2. The summed E-state index contributed by atoms with van der Waals surface area (Å²) in [4.78, 5) is 15.5. The Labute approximate surface area is 175 Å². The summed E-state index contributed by atoms with van der Waals surface area (Å²) in [5.74, 6) is 0.647. The van der Waals surface area contributed by atoms with Crippen molar-refractivity contribution in [2.75, 3.05) is 0 Å². The molecule has 1 fully saturated rings. The highest BCUT2D eigenvalue weighted by atomic mass is 35.5. The minimum Gasteiger partial charge on any atom is -0.354 e. The molecule has 0 spiro atoms. The van der Waals surface area contributed by atoms with E-state index in [1.54, 1.807) is 6.92 Å². The Balaban J connectivity index is 1.59. The molecule has 1 aliphatic carbocycles. The third-order valence-electron chi connectivity index (χ3n) is 5.67. The van der Waals surface area contributed by atoms with Crippen LogP contribution < -0.4 is 5.32 Å². The van der Waals surface area contributed by atoms with Gasteiger partial charge in [-0.25, -0.2) is 0 Å². The molecule has 6 heteroatoms. The standard InChI is InChI=1S/C23H25ClN4O/c1-15(29)26-20-8-2-16(3-9-20)14-21-22(17-10-12-25-13-11-17)23(28-27-21)18-4-6-19(24)7-5-18/h4-7,10-13,16,20H,2-3,8-9,14H2,1H3,(H,26,29)(H,27,28)/t16-,20+. The highest BCUT2D eigenvalue weighted by Crippen LogP contribution is 2.36. The van der Waals surface area contributed by atoms with Crippen molar-refractivity contribution in [3.63, 3.8) is 0 Å². The van der Waals surface area contributed by atoms with Crippen molar-refractivity contribution < 1.29 is 4.79 Å². The van der Waals surface area contributed by atoms with Gasteiger partial charge in [-0.3, -0.25) is 14.9 Å². The number of nitrogens with one attached hydrogen (secondary N) is 2. The number of aromatic nitrogens is 3. The SMILES string of the molecule is CC(=O)N[C@H]1CC[C@@H](Cc2[nH]nc(-c3ccc(Cl)cc3)c2-c2ccncc2)CC1. The first kappa shape index (κ1) is 19.6. The van der Waals surface area contributed by atoms with Crippen LogP contribution in [0.2, 0.25) is 5.02 Å². The van der Waals surface area contributed by atoms with Gasteiger partial charge in [0, 0.05) is 47.2 Å². The first-order chi connectivity index (χ1) is 14.1. The molecule has 1 aromatic carbocycles. The molecule has 0 aliphatic heterocycles. The van der Waals surface area contributed by atoms with Crippen LogP contribution in [0.1, 0.15) is 38.3 Å². The number of halogens is 1. The van der Waals surface area contributed by atoms with Crippen LogP contribution >= 0.6 is 11.6 Å². The maximum absolute atomic E-state index is 11.3. The van der Waals surface area contributed by atoms with E-state index in [0.29, 0.717) is 17.0 Å². The van der Waals surface area contributed by atoms with Crippen LogP contribution in [-0.4, -0.2) is 27.1 Å². The maximum atomic E-state index is 11.3. The molecule has 0 saturated heterocycles. The lowest BCUT2D eigenvalue weighted by molar-refractivity contribution is -0.119. The molecule has 3 aromatic rings. The monoisotopic (exact) mass is 408 g/mol. The van der Waals surface area contributed by atoms with Gasteiger partial charge in [0.15, 0.2) is 0 Å². The molecule has 0 radical (unpaired) electrons. The van der Waals surface area contributed by atoms with Crippen LogP contribution in [0.4, 0.5) is 0 Å². The average Bonchev–Trinajstić information content (AvgIpc) is 3.14. The van der Waals surface area contributed by atoms with Gasteiger partial charge < -0.3 is 5.32 Å². The number of amides is 1. The van der Waals surface area contributed by atoms with E-state index in [9.17, 15) is 4.79 Å². The topological polar surface area (TPSA) is 70.7 Å². The quantitative estimate of drug-likeness (QED) is 0.622. The largest absolute Gasteiger partial charge is 0.354 e. The van der Waals surface area contributed by atoms with E-state index < -0.39 is 0 Å². The fourth-order valence-electron chi connectivity index (χ4n) is 4.26. The molecule has 1 amide bonds. The molecular weight excluding hydrogens is 384 g/mol. The Hall–Kier alpha value is -2.66. The molecule has 0 bridgehead atoms. The lowest BCUT2D eigenvalue weighted by Crippen LogP contribution is -2.36. The molecule has 2 aromatic heterocycles. The number of carbonyl (C=O) groups excluding carboxylic acids is 1. The van der Waals surface area contributed by atoms with Gasteiger partial charge in [0.1, 0.15) is 5.69 Å². The summed E-state index contributed by atoms with van der Waals surface area (Å²) >= 11 is 6.07. The fourth-order valence-corrected chi connectivity index (χ4v) is 4.39. The van der Waals surface area contributed by atoms with Gasteiger partial charge in [-0.05, 0) is 67.9 Å². The van der Waals surface area contributed by atoms with E-state index in [-0.39, 0.29) is 5.91 Å². The molecule has 29 heavy (non-hydrogen) atoms.